The molecule has 0 fully saturated rings. The van der Waals surface area contributed by atoms with Gasteiger partial charge in [-0.25, -0.2) is 0 Å². The monoisotopic (exact) mass is 396 g/mol. The number of amides is 1. The number of halogens is 2. The molecule has 0 spiro atoms. The van der Waals surface area contributed by atoms with Gasteiger partial charge in [-0.1, -0.05) is 34.1 Å². The highest BCUT2D eigenvalue weighted by Gasteiger charge is 2.14. The van der Waals surface area contributed by atoms with Gasteiger partial charge in [-0.05, 0) is 52.7 Å². The second-order valence-electron chi connectivity index (χ2n) is 4.45. The lowest BCUT2D eigenvalue weighted by molar-refractivity contribution is 0.0940. The Kier molecular flexibility index (Phi) is 4.83. The van der Waals surface area contributed by atoms with E-state index in [1.54, 1.807) is 18.2 Å². The Morgan fingerprint density at radius 3 is 2.50 bits per heavy atom. The summed E-state index contributed by atoms with van der Waals surface area (Å²) in [5, 5.41) is 2.97. The number of anilines is 1. The quantitative estimate of drug-likeness (QED) is 0.759. The summed E-state index contributed by atoms with van der Waals surface area (Å²) < 4.78 is 1.70. The van der Waals surface area contributed by atoms with Crippen molar-refractivity contribution < 1.29 is 4.79 Å². The summed E-state index contributed by atoms with van der Waals surface area (Å²) in [5.74, 6) is -0.131. The minimum atomic E-state index is -0.131. The van der Waals surface area contributed by atoms with Crippen LogP contribution in [0.15, 0.2) is 51.4 Å². The molecular weight excluding hydrogens is 384 g/mol. The molecule has 0 aromatic heterocycles. The van der Waals surface area contributed by atoms with Crippen molar-refractivity contribution in [2.24, 2.45) is 0 Å². The van der Waals surface area contributed by atoms with Crippen LogP contribution in [0.2, 0.25) is 0 Å². The van der Waals surface area contributed by atoms with Crippen molar-refractivity contribution in [1.29, 1.82) is 0 Å². The van der Waals surface area contributed by atoms with Crippen molar-refractivity contribution in [2.45, 2.75) is 13.0 Å². The van der Waals surface area contributed by atoms with E-state index in [1.807, 2.05) is 31.2 Å². The molecule has 0 heterocycles. The molecule has 0 radical (unpaired) electrons. The van der Waals surface area contributed by atoms with Gasteiger partial charge in [0.2, 0.25) is 0 Å². The molecule has 5 heteroatoms. The first kappa shape index (κ1) is 15.1. The zero-order valence-electron chi connectivity index (χ0n) is 10.9. The van der Waals surface area contributed by atoms with Crippen LogP contribution >= 0.6 is 31.9 Å². The van der Waals surface area contributed by atoms with Gasteiger partial charge in [0, 0.05) is 20.2 Å². The summed E-state index contributed by atoms with van der Waals surface area (Å²) in [4.78, 5) is 12.2. The number of nitrogens with one attached hydrogen (secondary N) is 1. The Bertz CT molecular complexity index is 644. The summed E-state index contributed by atoms with van der Waals surface area (Å²) in [6.45, 7) is 1.95. The van der Waals surface area contributed by atoms with Crippen LogP contribution in [0, 0.1) is 0 Å². The zero-order valence-corrected chi connectivity index (χ0v) is 14.0. The van der Waals surface area contributed by atoms with Crippen molar-refractivity contribution >= 4 is 43.5 Å². The normalized spacial score (nSPS) is 11.9. The van der Waals surface area contributed by atoms with E-state index in [-0.39, 0.29) is 11.9 Å². The Balaban J connectivity index is 2.15. The summed E-state index contributed by atoms with van der Waals surface area (Å²) in [6.07, 6.45) is 0. The SMILES string of the molecule is CC(NC(=O)c1ccc(N)c(Br)c1)c1ccccc1Br. The second kappa shape index (κ2) is 6.41. The van der Waals surface area contributed by atoms with Crippen LogP contribution in [-0.2, 0) is 0 Å². The molecular formula is C15H14Br2N2O. The van der Waals surface area contributed by atoms with E-state index in [0.29, 0.717) is 11.3 Å². The fourth-order valence-electron chi connectivity index (χ4n) is 1.85. The largest absolute Gasteiger partial charge is 0.398 e. The van der Waals surface area contributed by atoms with Gasteiger partial charge in [-0.3, -0.25) is 4.79 Å². The molecule has 0 aliphatic heterocycles. The van der Waals surface area contributed by atoms with Crippen LogP contribution in [0.3, 0.4) is 0 Å². The fraction of sp³-hybridized carbons (Fsp3) is 0.133. The van der Waals surface area contributed by atoms with Crippen LogP contribution in [0.5, 0.6) is 0 Å². The third-order valence-corrected chi connectivity index (χ3v) is 4.39. The van der Waals surface area contributed by atoms with E-state index in [1.165, 1.54) is 0 Å². The average Bonchev–Trinajstić information content (AvgIpc) is 2.42. The maximum atomic E-state index is 12.2. The Morgan fingerprint density at radius 2 is 1.85 bits per heavy atom. The van der Waals surface area contributed by atoms with Gasteiger partial charge in [0.1, 0.15) is 0 Å². The second-order valence-corrected chi connectivity index (χ2v) is 6.16. The molecule has 0 aliphatic carbocycles. The van der Waals surface area contributed by atoms with E-state index in [2.05, 4.69) is 37.2 Å². The number of hydrogen-bond acceptors (Lipinski definition) is 2. The number of nitrogen functional groups attached to an aromatic ring is 1. The lowest BCUT2D eigenvalue weighted by atomic mass is 10.1. The summed E-state index contributed by atoms with van der Waals surface area (Å²) in [7, 11) is 0. The number of carbonyl (C=O) groups excluding carboxylic acids is 1. The summed E-state index contributed by atoms with van der Waals surface area (Å²) in [6, 6.07) is 12.9. The number of carbonyl (C=O) groups is 1. The van der Waals surface area contributed by atoms with Crippen LogP contribution in [0.25, 0.3) is 0 Å². The first-order valence-electron chi connectivity index (χ1n) is 6.09. The van der Waals surface area contributed by atoms with Gasteiger partial charge in [-0.2, -0.15) is 0 Å². The molecule has 1 amide bonds. The minimum absolute atomic E-state index is 0.0885. The lowest BCUT2D eigenvalue weighted by Crippen LogP contribution is -2.26. The molecule has 104 valence electrons. The van der Waals surface area contributed by atoms with E-state index < -0.39 is 0 Å². The molecule has 2 rings (SSSR count). The third-order valence-electron chi connectivity index (χ3n) is 2.98. The lowest BCUT2D eigenvalue weighted by Gasteiger charge is -2.16. The van der Waals surface area contributed by atoms with E-state index in [9.17, 15) is 4.79 Å². The predicted octanol–water partition coefficient (Wildman–Crippen LogP) is 4.28. The first-order chi connectivity index (χ1) is 9.49. The van der Waals surface area contributed by atoms with Gasteiger partial charge >= 0.3 is 0 Å². The Hall–Kier alpha value is -1.33. The van der Waals surface area contributed by atoms with Crippen molar-refractivity contribution in [1.82, 2.24) is 5.32 Å². The van der Waals surface area contributed by atoms with Crippen LogP contribution in [-0.4, -0.2) is 5.91 Å². The van der Waals surface area contributed by atoms with Crippen molar-refractivity contribution in [3.8, 4) is 0 Å². The molecule has 0 aliphatic rings. The van der Waals surface area contributed by atoms with Gasteiger partial charge in [0.25, 0.3) is 5.91 Å². The highest BCUT2D eigenvalue weighted by molar-refractivity contribution is 9.10. The van der Waals surface area contributed by atoms with Crippen molar-refractivity contribution in [3.63, 3.8) is 0 Å². The van der Waals surface area contributed by atoms with Crippen molar-refractivity contribution in [2.75, 3.05) is 5.73 Å². The van der Waals surface area contributed by atoms with Gasteiger partial charge in [-0.15, -0.1) is 0 Å². The van der Waals surface area contributed by atoms with Crippen LogP contribution in [0.1, 0.15) is 28.9 Å². The van der Waals surface area contributed by atoms with Crippen LogP contribution in [0.4, 0.5) is 5.69 Å². The summed E-state index contributed by atoms with van der Waals surface area (Å²) >= 11 is 6.81. The Morgan fingerprint density at radius 1 is 1.15 bits per heavy atom. The molecule has 2 aromatic carbocycles. The van der Waals surface area contributed by atoms with Gasteiger partial charge in [0.05, 0.1) is 6.04 Å². The van der Waals surface area contributed by atoms with E-state index >= 15 is 0 Å². The molecule has 3 nitrogen and oxygen atoms in total. The maximum absolute atomic E-state index is 12.2. The van der Waals surface area contributed by atoms with Gasteiger partial charge in [0.15, 0.2) is 0 Å². The molecule has 3 N–H and O–H groups in total. The number of nitrogens with two attached hydrogens (primary N) is 1. The smallest absolute Gasteiger partial charge is 0.251 e. The predicted molar refractivity (Wildman–Crippen MR) is 88.6 cm³/mol. The summed E-state index contributed by atoms with van der Waals surface area (Å²) in [5.41, 5.74) is 7.94. The van der Waals surface area contributed by atoms with E-state index in [4.69, 9.17) is 5.73 Å². The average molecular weight is 398 g/mol. The molecule has 2 aromatic rings. The molecule has 0 saturated heterocycles. The number of benzene rings is 2. The minimum Gasteiger partial charge on any atom is -0.398 e. The number of hydrogen-bond donors (Lipinski definition) is 2. The zero-order chi connectivity index (χ0) is 14.7. The Labute approximate surface area is 134 Å². The first-order valence-corrected chi connectivity index (χ1v) is 7.68. The molecule has 1 unspecified atom stereocenters. The highest BCUT2D eigenvalue weighted by atomic mass is 79.9. The maximum Gasteiger partial charge on any atom is 0.251 e. The van der Waals surface area contributed by atoms with Crippen molar-refractivity contribution in [3.05, 3.63) is 62.5 Å². The molecule has 1 atom stereocenters. The highest BCUT2D eigenvalue weighted by Crippen LogP contribution is 2.24. The third kappa shape index (κ3) is 3.41. The van der Waals surface area contributed by atoms with Crippen LogP contribution < -0.4 is 11.1 Å². The molecule has 0 bridgehead atoms. The fourth-order valence-corrected chi connectivity index (χ4v) is 2.86. The topological polar surface area (TPSA) is 55.1 Å². The number of rotatable bonds is 3. The van der Waals surface area contributed by atoms with Gasteiger partial charge < -0.3 is 11.1 Å². The molecule has 0 saturated carbocycles. The standard InChI is InChI=1S/C15H14Br2N2O/c1-9(11-4-2-3-5-12(11)16)19-15(20)10-6-7-14(18)13(17)8-10/h2-9H,18H2,1H3,(H,19,20). The van der Waals surface area contributed by atoms with E-state index in [0.717, 1.165) is 14.5 Å². The molecule has 20 heavy (non-hydrogen) atoms.